The van der Waals surface area contributed by atoms with Gasteiger partial charge in [0.1, 0.15) is 17.2 Å². The number of ether oxygens (including phenoxy) is 2. The average Bonchev–Trinajstić information content (AvgIpc) is 2.70. The van der Waals surface area contributed by atoms with Crippen molar-refractivity contribution in [2.45, 2.75) is 20.0 Å². The standard InChI is InChI=1S/C21H22N4O3/c1-14(2)28-19-7-5-4-6-17(19)24-20(26)18-12-13-22-21(25-18)23-15-8-10-16(27-3)11-9-15/h4-14H,1-3H3,(H,24,26)(H,22,23,25). The minimum absolute atomic E-state index is 0.00241. The van der Waals surface area contributed by atoms with Crippen molar-refractivity contribution in [2.75, 3.05) is 17.7 Å². The number of benzene rings is 2. The van der Waals surface area contributed by atoms with Crippen LogP contribution >= 0.6 is 0 Å². The zero-order chi connectivity index (χ0) is 19.9. The van der Waals surface area contributed by atoms with E-state index in [1.54, 1.807) is 19.2 Å². The van der Waals surface area contributed by atoms with E-state index in [1.165, 1.54) is 6.20 Å². The maximum Gasteiger partial charge on any atom is 0.274 e. The van der Waals surface area contributed by atoms with E-state index in [1.807, 2.05) is 56.3 Å². The van der Waals surface area contributed by atoms with Crippen LogP contribution in [0.3, 0.4) is 0 Å². The first-order valence-corrected chi connectivity index (χ1v) is 8.86. The molecular weight excluding hydrogens is 356 g/mol. The van der Waals surface area contributed by atoms with Gasteiger partial charge < -0.3 is 20.1 Å². The molecule has 1 heterocycles. The molecule has 0 aliphatic carbocycles. The fourth-order valence-electron chi connectivity index (χ4n) is 2.46. The van der Waals surface area contributed by atoms with Crippen LogP contribution in [0.1, 0.15) is 24.3 Å². The maximum atomic E-state index is 12.6. The highest BCUT2D eigenvalue weighted by atomic mass is 16.5. The van der Waals surface area contributed by atoms with Crippen molar-refractivity contribution in [3.05, 3.63) is 66.5 Å². The molecule has 0 bridgehead atoms. The van der Waals surface area contributed by atoms with Crippen molar-refractivity contribution in [2.24, 2.45) is 0 Å². The Hall–Kier alpha value is -3.61. The molecule has 28 heavy (non-hydrogen) atoms. The summed E-state index contributed by atoms with van der Waals surface area (Å²) in [5.74, 6) is 1.34. The minimum atomic E-state index is -0.347. The van der Waals surface area contributed by atoms with Crippen molar-refractivity contribution < 1.29 is 14.3 Å². The molecule has 0 aliphatic rings. The highest BCUT2D eigenvalue weighted by Gasteiger charge is 2.13. The molecule has 0 fully saturated rings. The zero-order valence-corrected chi connectivity index (χ0v) is 16.0. The summed E-state index contributed by atoms with van der Waals surface area (Å²) < 4.78 is 10.9. The Balaban J connectivity index is 1.73. The van der Waals surface area contributed by atoms with Crippen molar-refractivity contribution in [1.29, 1.82) is 0 Å². The van der Waals surface area contributed by atoms with Gasteiger partial charge in [-0.15, -0.1) is 0 Å². The predicted octanol–water partition coefficient (Wildman–Crippen LogP) is 4.27. The van der Waals surface area contributed by atoms with Gasteiger partial charge in [0.05, 0.1) is 18.9 Å². The van der Waals surface area contributed by atoms with Crippen LogP contribution in [-0.2, 0) is 0 Å². The third kappa shape index (κ3) is 4.97. The summed E-state index contributed by atoms with van der Waals surface area (Å²) in [6.07, 6.45) is 1.53. The van der Waals surface area contributed by atoms with Gasteiger partial charge >= 0.3 is 0 Å². The molecule has 7 heteroatoms. The van der Waals surface area contributed by atoms with E-state index >= 15 is 0 Å². The molecule has 0 atom stereocenters. The SMILES string of the molecule is COc1ccc(Nc2nccc(C(=O)Nc3ccccc3OC(C)C)n2)cc1. The number of carbonyl (C=O) groups excluding carboxylic acids is 1. The monoisotopic (exact) mass is 378 g/mol. The number of hydrogen-bond acceptors (Lipinski definition) is 6. The summed E-state index contributed by atoms with van der Waals surface area (Å²) in [6, 6.07) is 16.2. The van der Waals surface area contributed by atoms with Gasteiger partial charge in [0.25, 0.3) is 5.91 Å². The lowest BCUT2D eigenvalue weighted by molar-refractivity contribution is 0.102. The van der Waals surface area contributed by atoms with E-state index in [0.717, 1.165) is 11.4 Å². The molecule has 3 rings (SSSR count). The Morgan fingerprint density at radius 1 is 1.04 bits per heavy atom. The molecule has 0 aliphatic heterocycles. The second-order valence-electron chi connectivity index (χ2n) is 6.24. The zero-order valence-electron chi connectivity index (χ0n) is 16.0. The lowest BCUT2D eigenvalue weighted by Crippen LogP contribution is -2.16. The summed E-state index contributed by atoms with van der Waals surface area (Å²) in [5, 5.41) is 5.91. The van der Waals surface area contributed by atoms with Gasteiger partial charge in [-0.05, 0) is 56.3 Å². The number of rotatable bonds is 7. The number of amides is 1. The highest BCUT2D eigenvalue weighted by Crippen LogP contribution is 2.25. The number of hydrogen-bond donors (Lipinski definition) is 2. The largest absolute Gasteiger partial charge is 0.497 e. The fraction of sp³-hybridized carbons (Fsp3) is 0.190. The molecule has 1 aromatic heterocycles. The number of para-hydroxylation sites is 2. The van der Waals surface area contributed by atoms with Crippen LogP contribution in [0.25, 0.3) is 0 Å². The molecule has 0 radical (unpaired) electrons. The quantitative estimate of drug-likeness (QED) is 0.639. The summed E-state index contributed by atoms with van der Waals surface area (Å²) in [6.45, 7) is 3.86. The van der Waals surface area contributed by atoms with Gasteiger partial charge in [-0.25, -0.2) is 9.97 Å². The lowest BCUT2D eigenvalue weighted by Gasteiger charge is -2.14. The van der Waals surface area contributed by atoms with Gasteiger partial charge in [0.15, 0.2) is 0 Å². The molecule has 0 saturated carbocycles. The number of anilines is 3. The molecule has 2 aromatic carbocycles. The summed E-state index contributed by atoms with van der Waals surface area (Å²) in [7, 11) is 1.61. The molecule has 144 valence electrons. The Labute approximate surface area is 163 Å². The first-order valence-electron chi connectivity index (χ1n) is 8.86. The lowest BCUT2D eigenvalue weighted by atomic mass is 10.2. The van der Waals surface area contributed by atoms with E-state index in [2.05, 4.69) is 20.6 Å². The fourth-order valence-corrected chi connectivity index (χ4v) is 2.46. The van der Waals surface area contributed by atoms with E-state index in [-0.39, 0.29) is 17.7 Å². The highest BCUT2D eigenvalue weighted by molar-refractivity contribution is 6.03. The maximum absolute atomic E-state index is 12.6. The molecule has 3 aromatic rings. The summed E-state index contributed by atoms with van der Waals surface area (Å²) in [4.78, 5) is 21.1. The van der Waals surface area contributed by atoms with E-state index < -0.39 is 0 Å². The topological polar surface area (TPSA) is 85.4 Å². The third-order valence-electron chi connectivity index (χ3n) is 3.73. The number of nitrogens with zero attached hydrogens (tertiary/aromatic N) is 2. The average molecular weight is 378 g/mol. The molecule has 2 N–H and O–H groups in total. The van der Waals surface area contributed by atoms with Crippen LogP contribution in [-0.4, -0.2) is 29.1 Å². The van der Waals surface area contributed by atoms with E-state index in [9.17, 15) is 4.79 Å². The summed E-state index contributed by atoms with van der Waals surface area (Å²) in [5.41, 5.74) is 1.61. The summed E-state index contributed by atoms with van der Waals surface area (Å²) >= 11 is 0. The second-order valence-corrected chi connectivity index (χ2v) is 6.24. The van der Waals surface area contributed by atoms with Crippen LogP contribution in [0, 0.1) is 0 Å². The Morgan fingerprint density at radius 2 is 1.79 bits per heavy atom. The molecule has 0 unspecified atom stereocenters. The van der Waals surface area contributed by atoms with Crippen LogP contribution in [0.2, 0.25) is 0 Å². The Morgan fingerprint density at radius 3 is 2.50 bits per heavy atom. The van der Waals surface area contributed by atoms with E-state index in [0.29, 0.717) is 17.4 Å². The third-order valence-corrected chi connectivity index (χ3v) is 3.73. The van der Waals surface area contributed by atoms with Gasteiger partial charge in [-0.3, -0.25) is 4.79 Å². The predicted molar refractivity (Wildman–Crippen MR) is 108 cm³/mol. The van der Waals surface area contributed by atoms with Crippen LogP contribution in [0.15, 0.2) is 60.8 Å². The van der Waals surface area contributed by atoms with Crippen molar-refractivity contribution in [1.82, 2.24) is 9.97 Å². The van der Waals surface area contributed by atoms with Gasteiger partial charge in [-0.2, -0.15) is 0 Å². The number of nitrogens with one attached hydrogen (secondary N) is 2. The molecule has 0 saturated heterocycles. The molecule has 0 spiro atoms. The normalized spacial score (nSPS) is 10.4. The second kappa shape index (κ2) is 8.85. The molecular formula is C21H22N4O3. The first kappa shape index (κ1) is 19.2. The van der Waals surface area contributed by atoms with Gasteiger partial charge in [0, 0.05) is 11.9 Å². The number of aromatic nitrogens is 2. The van der Waals surface area contributed by atoms with E-state index in [4.69, 9.17) is 9.47 Å². The number of methoxy groups -OCH3 is 1. The van der Waals surface area contributed by atoms with Crippen molar-refractivity contribution in [3.63, 3.8) is 0 Å². The first-order chi connectivity index (χ1) is 13.5. The Bertz CT molecular complexity index is 942. The Kier molecular flexibility index (Phi) is 6.06. The van der Waals surface area contributed by atoms with Crippen molar-refractivity contribution >= 4 is 23.2 Å². The van der Waals surface area contributed by atoms with Gasteiger partial charge in [0.2, 0.25) is 5.95 Å². The van der Waals surface area contributed by atoms with Crippen LogP contribution in [0.4, 0.5) is 17.3 Å². The molecule has 7 nitrogen and oxygen atoms in total. The smallest absolute Gasteiger partial charge is 0.274 e. The molecule has 1 amide bonds. The van der Waals surface area contributed by atoms with Crippen molar-refractivity contribution in [3.8, 4) is 11.5 Å². The number of carbonyl (C=O) groups is 1. The van der Waals surface area contributed by atoms with Gasteiger partial charge in [-0.1, -0.05) is 12.1 Å². The van der Waals surface area contributed by atoms with Crippen LogP contribution in [0.5, 0.6) is 11.5 Å². The minimum Gasteiger partial charge on any atom is -0.497 e. The van der Waals surface area contributed by atoms with Crippen LogP contribution < -0.4 is 20.1 Å².